The lowest BCUT2D eigenvalue weighted by Crippen LogP contribution is -2.25. The summed E-state index contributed by atoms with van der Waals surface area (Å²) in [5.74, 6) is 0.656. The molecule has 0 saturated carbocycles. The van der Waals surface area contributed by atoms with Gasteiger partial charge in [0.05, 0.1) is 0 Å². The Morgan fingerprint density at radius 3 is 2.60 bits per heavy atom. The minimum atomic E-state index is -1.66. The number of rotatable bonds is 6. The summed E-state index contributed by atoms with van der Waals surface area (Å²) in [4.78, 5) is 0. The molecule has 0 heterocycles. The first-order valence-corrected chi connectivity index (χ1v) is 5.55. The molecule has 83 valence electrons. The third kappa shape index (κ3) is 4.30. The van der Waals surface area contributed by atoms with Crippen LogP contribution in [0.5, 0.6) is 5.75 Å². The van der Waals surface area contributed by atoms with Gasteiger partial charge in [0.1, 0.15) is 5.75 Å². The topological polar surface area (TPSA) is 62.9 Å². The quantitative estimate of drug-likeness (QED) is 0.445. The zero-order valence-electron chi connectivity index (χ0n) is 8.73. The summed E-state index contributed by atoms with van der Waals surface area (Å²) in [6.45, 7) is 0.0828. The van der Waals surface area contributed by atoms with E-state index < -0.39 is 9.53 Å². The van der Waals surface area contributed by atoms with Gasteiger partial charge in [0, 0.05) is 26.0 Å². The van der Waals surface area contributed by atoms with Crippen LogP contribution in [0.25, 0.3) is 0 Å². The summed E-state index contributed by atoms with van der Waals surface area (Å²) in [5, 5.41) is 0. The van der Waals surface area contributed by atoms with Gasteiger partial charge in [-0.1, -0.05) is 6.07 Å². The highest BCUT2D eigenvalue weighted by Crippen LogP contribution is 2.14. The maximum absolute atomic E-state index is 5.58. The number of hydrogen-bond donors (Lipinski definition) is 1. The molecule has 1 radical (unpaired) electrons. The number of benzene rings is 1. The molecule has 0 amide bonds. The Labute approximate surface area is 90.7 Å². The third-order valence-corrected chi connectivity index (χ3v) is 2.61. The van der Waals surface area contributed by atoms with Crippen LogP contribution >= 0.6 is 0 Å². The van der Waals surface area contributed by atoms with Gasteiger partial charge in [0.25, 0.3) is 0 Å². The number of nitrogens with two attached hydrogens (primary N) is 1. The molecular weight excluding hydrogens is 214 g/mol. The van der Waals surface area contributed by atoms with Crippen LogP contribution in [0, 0.1) is 0 Å². The molecule has 1 aromatic carbocycles. The van der Waals surface area contributed by atoms with Crippen molar-refractivity contribution in [3.8, 4) is 5.75 Å². The molecule has 0 bridgehead atoms. The number of anilines is 1. The maximum Gasteiger partial charge on any atom is 0.579 e. The van der Waals surface area contributed by atoms with Gasteiger partial charge in [-0.2, -0.15) is 0 Å². The van der Waals surface area contributed by atoms with Crippen LogP contribution in [0.15, 0.2) is 24.3 Å². The van der Waals surface area contributed by atoms with E-state index in [0.29, 0.717) is 11.4 Å². The fourth-order valence-corrected chi connectivity index (χ4v) is 1.51. The standard InChI is InChI=1S/C9H14NO4Si/c1-11-15(12-2)14-7-13-9-5-3-4-8(10)6-9/h3-6H,7,10H2,1-2H3. The molecule has 0 unspecified atom stereocenters. The molecule has 0 saturated heterocycles. The molecule has 0 atom stereocenters. The first-order valence-electron chi connectivity index (χ1n) is 4.32. The summed E-state index contributed by atoms with van der Waals surface area (Å²) in [7, 11) is 1.39. The molecule has 0 aromatic heterocycles. The summed E-state index contributed by atoms with van der Waals surface area (Å²) in [6, 6.07) is 7.11. The molecule has 0 fully saturated rings. The van der Waals surface area contributed by atoms with Crippen molar-refractivity contribution < 1.29 is 18.0 Å². The fraction of sp³-hybridized carbons (Fsp3) is 0.333. The van der Waals surface area contributed by atoms with Crippen LogP contribution in [0.2, 0.25) is 0 Å². The summed E-state index contributed by atoms with van der Waals surface area (Å²) >= 11 is 0. The zero-order valence-corrected chi connectivity index (χ0v) is 9.73. The van der Waals surface area contributed by atoms with Crippen LogP contribution < -0.4 is 10.5 Å². The monoisotopic (exact) mass is 228 g/mol. The Kier molecular flexibility index (Phi) is 5.12. The van der Waals surface area contributed by atoms with E-state index >= 15 is 0 Å². The van der Waals surface area contributed by atoms with Crippen molar-refractivity contribution >= 4 is 15.2 Å². The first kappa shape index (κ1) is 12.0. The molecule has 0 spiro atoms. The second kappa shape index (κ2) is 6.41. The molecular formula is C9H14NO4Si. The minimum Gasteiger partial charge on any atom is -0.468 e. The highest BCUT2D eigenvalue weighted by Gasteiger charge is 2.14. The fourth-order valence-electron chi connectivity index (χ4n) is 0.951. The largest absolute Gasteiger partial charge is 0.579 e. The predicted molar refractivity (Wildman–Crippen MR) is 57.2 cm³/mol. The van der Waals surface area contributed by atoms with Crippen LogP contribution in [-0.2, 0) is 13.3 Å². The molecule has 0 aliphatic carbocycles. The maximum atomic E-state index is 5.58. The predicted octanol–water partition coefficient (Wildman–Crippen LogP) is 0.899. The second-order valence-electron chi connectivity index (χ2n) is 2.64. The third-order valence-electron chi connectivity index (χ3n) is 1.59. The molecule has 15 heavy (non-hydrogen) atoms. The van der Waals surface area contributed by atoms with Crippen molar-refractivity contribution in [3.05, 3.63) is 24.3 Å². The average molecular weight is 228 g/mol. The van der Waals surface area contributed by atoms with Crippen molar-refractivity contribution in [2.75, 3.05) is 26.7 Å². The van der Waals surface area contributed by atoms with Crippen LogP contribution in [-0.4, -0.2) is 30.5 Å². The first-order chi connectivity index (χ1) is 7.26. The smallest absolute Gasteiger partial charge is 0.468 e. The number of ether oxygens (including phenoxy) is 1. The lowest BCUT2D eigenvalue weighted by Gasteiger charge is -2.10. The lowest BCUT2D eigenvalue weighted by atomic mass is 10.3. The average Bonchev–Trinajstić information content (AvgIpc) is 2.25. The van der Waals surface area contributed by atoms with Gasteiger partial charge in [-0.05, 0) is 12.1 Å². The van der Waals surface area contributed by atoms with Crippen LogP contribution in [0.4, 0.5) is 5.69 Å². The van der Waals surface area contributed by atoms with Gasteiger partial charge in [-0.15, -0.1) is 0 Å². The van der Waals surface area contributed by atoms with Crippen LogP contribution in [0.3, 0.4) is 0 Å². The van der Waals surface area contributed by atoms with Gasteiger partial charge >= 0.3 is 9.53 Å². The molecule has 6 heteroatoms. The van der Waals surface area contributed by atoms with E-state index in [2.05, 4.69) is 0 Å². The van der Waals surface area contributed by atoms with E-state index in [-0.39, 0.29) is 6.79 Å². The van der Waals surface area contributed by atoms with Crippen molar-refractivity contribution in [1.82, 2.24) is 0 Å². The van der Waals surface area contributed by atoms with E-state index in [1.807, 2.05) is 6.07 Å². The summed E-state index contributed by atoms with van der Waals surface area (Å²) in [5.41, 5.74) is 6.23. The van der Waals surface area contributed by atoms with Crippen molar-refractivity contribution in [3.63, 3.8) is 0 Å². The van der Waals surface area contributed by atoms with Gasteiger partial charge in [-0.25, -0.2) is 0 Å². The Bertz CT molecular complexity index is 293. The number of nitrogen functional groups attached to an aromatic ring is 1. The van der Waals surface area contributed by atoms with E-state index in [0.717, 1.165) is 0 Å². The van der Waals surface area contributed by atoms with Crippen LogP contribution in [0.1, 0.15) is 0 Å². The van der Waals surface area contributed by atoms with E-state index in [9.17, 15) is 0 Å². The normalized spacial score (nSPS) is 10.6. The molecule has 1 aromatic rings. The van der Waals surface area contributed by atoms with Gasteiger partial charge in [0.15, 0.2) is 6.79 Å². The molecule has 5 nitrogen and oxygen atoms in total. The molecule has 2 N–H and O–H groups in total. The number of hydrogen-bond acceptors (Lipinski definition) is 5. The van der Waals surface area contributed by atoms with Gasteiger partial charge in [0.2, 0.25) is 0 Å². The lowest BCUT2D eigenvalue weighted by molar-refractivity contribution is 0.0513. The summed E-state index contributed by atoms with van der Waals surface area (Å²) in [6.07, 6.45) is 0. The molecule has 1 rings (SSSR count). The van der Waals surface area contributed by atoms with E-state index in [1.165, 1.54) is 14.2 Å². The Morgan fingerprint density at radius 1 is 1.27 bits per heavy atom. The second-order valence-corrected chi connectivity index (χ2v) is 4.24. The van der Waals surface area contributed by atoms with Crippen molar-refractivity contribution in [2.45, 2.75) is 0 Å². The molecule has 0 aliphatic heterocycles. The summed E-state index contributed by atoms with van der Waals surface area (Å²) < 4.78 is 20.3. The highest BCUT2D eigenvalue weighted by molar-refractivity contribution is 6.36. The Hall–Kier alpha value is -1.08. The van der Waals surface area contributed by atoms with Crippen molar-refractivity contribution in [1.29, 1.82) is 0 Å². The van der Waals surface area contributed by atoms with Crippen molar-refractivity contribution in [2.24, 2.45) is 0 Å². The van der Waals surface area contributed by atoms with E-state index in [4.69, 9.17) is 23.7 Å². The van der Waals surface area contributed by atoms with Gasteiger partial charge in [-0.3, -0.25) is 0 Å². The zero-order chi connectivity index (χ0) is 11.1. The minimum absolute atomic E-state index is 0.0828. The van der Waals surface area contributed by atoms with E-state index in [1.54, 1.807) is 18.2 Å². The Balaban J connectivity index is 2.31. The SMILES string of the molecule is CO[Si](OC)OCOc1cccc(N)c1. The Morgan fingerprint density at radius 2 is 2.00 bits per heavy atom. The van der Waals surface area contributed by atoms with Gasteiger partial charge < -0.3 is 23.7 Å². The molecule has 0 aliphatic rings. The highest BCUT2D eigenvalue weighted by atomic mass is 28.3.